The van der Waals surface area contributed by atoms with Crippen molar-refractivity contribution < 1.29 is 27.1 Å². The lowest BCUT2D eigenvalue weighted by molar-refractivity contribution is -0.115. The van der Waals surface area contributed by atoms with Crippen molar-refractivity contribution in [3.63, 3.8) is 0 Å². The van der Waals surface area contributed by atoms with Crippen LogP contribution in [0, 0.1) is 5.82 Å². The summed E-state index contributed by atoms with van der Waals surface area (Å²) < 4.78 is 42.5. The van der Waals surface area contributed by atoms with E-state index in [2.05, 4.69) is 11.9 Å². The average Bonchev–Trinajstić information content (AvgIpc) is 3.05. The first kappa shape index (κ1) is 21.8. The van der Waals surface area contributed by atoms with Crippen LogP contribution in [0.25, 0.3) is 11.1 Å². The van der Waals surface area contributed by atoms with Gasteiger partial charge in [-0.3, -0.25) is 4.79 Å². The van der Waals surface area contributed by atoms with Gasteiger partial charge in [-0.2, -0.15) is 0 Å². The van der Waals surface area contributed by atoms with Gasteiger partial charge < -0.3 is 10.1 Å². The van der Waals surface area contributed by atoms with Gasteiger partial charge in [0.2, 0.25) is 5.91 Å². The van der Waals surface area contributed by atoms with E-state index in [-0.39, 0.29) is 22.9 Å². The number of halogens is 1. The molecule has 1 unspecified atom stereocenters. The predicted octanol–water partition coefficient (Wildman–Crippen LogP) is 3.66. The number of sulfone groups is 1. The zero-order chi connectivity index (χ0) is 20.9. The molecule has 0 fully saturated rings. The Morgan fingerprint density at radius 3 is 2.54 bits per heavy atom. The molecule has 0 saturated heterocycles. The van der Waals surface area contributed by atoms with Gasteiger partial charge in [0.25, 0.3) is 0 Å². The predicted molar refractivity (Wildman–Crippen MR) is 108 cm³/mol. The summed E-state index contributed by atoms with van der Waals surface area (Å²) in [7, 11) is -3.71. The maximum atomic E-state index is 13.2. The highest BCUT2D eigenvalue weighted by molar-refractivity contribution is 7.92. The van der Waals surface area contributed by atoms with Crippen LogP contribution in [0.1, 0.15) is 24.2 Å². The Hall–Kier alpha value is -2.52. The van der Waals surface area contributed by atoms with Crippen LogP contribution in [0.15, 0.2) is 42.3 Å². The van der Waals surface area contributed by atoms with E-state index in [0.717, 1.165) is 11.3 Å². The van der Waals surface area contributed by atoms with Crippen LogP contribution in [-0.4, -0.2) is 37.9 Å². The molecule has 1 aromatic carbocycles. The molecule has 1 N–H and O–H groups in total. The fraction of sp³-hybridized carbons (Fsp3) is 0.263. The van der Waals surface area contributed by atoms with Crippen LogP contribution >= 0.6 is 11.3 Å². The number of nitrogens with one attached hydrogen (secondary N) is 1. The quantitative estimate of drug-likeness (QED) is 0.515. The van der Waals surface area contributed by atoms with Gasteiger partial charge in [-0.25, -0.2) is 17.6 Å². The smallest absolute Gasteiger partial charge is 0.341 e. The Labute approximate surface area is 167 Å². The molecule has 28 heavy (non-hydrogen) atoms. The lowest BCUT2D eigenvalue weighted by Crippen LogP contribution is -2.33. The minimum absolute atomic E-state index is 0.0973. The molecule has 1 heterocycles. The number of benzene rings is 1. The van der Waals surface area contributed by atoms with Crippen LogP contribution in [0.3, 0.4) is 0 Å². The second-order valence-electron chi connectivity index (χ2n) is 5.83. The average molecular weight is 426 g/mol. The maximum absolute atomic E-state index is 13.2. The summed E-state index contributed by atoms with van der Waals surface area (Å²) in [5.41, 5.74) is 1.12. The van der Waals surface area contributed by atoms with E-state index in [9.17, 15) is 22.4 Å². The van der Waals surface area contributed by atoms with E-state index < -0.39 is 32.8 Å². The highest BCUT2D eigenvalue weighted by atomic mass is 32.2. The Morgan fingerprint density at radius 1 is 1.32 bits per heavy atom. The fourth-order valence-corrected chi connectivity index (χ4v) is 4.35. The topological polar surface area (TPSA) is 89.5 Å². The Morgan fingerprint density at radius 2 is 1.96 bits per heavy atom. The van der Waals surface area contributed by atoms with Gasteiger partial charge in [0.15, 0.2) is 9.84 Å². The molecule has 0 aliphatic heterocycles. The van der Waals surface area contributed by atoms with Gasteiger partial charge in [0.05, 0.1) is 12.4 Å². The summed E-state index contributed by atoms with van der Waals surface area (Å²) in [5, 5.41) is 2.98. The minimum atomic E-state index is -3.71. The van der Waals surface area contributed by atoms with E-state index in [0.29, 0.717) is 11.1 Å². The molecule has 9 heteroatoms. The van der Waals surface area contributed by atoms with E-state index in [1.54, 1.807) is 12.3 Å². The molecule has 1 amide bonds. The Bertz CT molecular complexity index is 980. The monoisotopic (exact) mass is 425 g/mol. The standard InChI is InChI=1S/C19H20FNO5S2/c1-4-10-28(24,25)12(3)17(22)21-18-16(19(23)26-5-2)15(11-27-18)13-6-8-14(20)9-7-13/h4,6-9,11-12H,1,5,10H2,2-3H3,(H,21,22). The summed E-state index contributed by atoms with van der Waals surface area (Å²) in [6.07, 6.45) is 1.21. The second-order valence-corrected chi connectivity index (χ2v) is 9.08. The number of thiophene rings is 1. The Kier molecular flexibility index (Phi) is 7.09. The number of hydrogen-bond donors (Lipinski definition) is 1. The van der Waals surface area contributed by atoms with Gasteiger partial charge in [-0.15, -0.1) is 17.9 Å². The highest BCUT2D eigenvalue weighted by Crippen LogP contribution is 2.36. The van der Waals surface area contributed by atoms with E-state index in [1.807, 2.05) is 0 Å². The number of ether oxygens (including phenoxy) is 1. The van der Waals surface area contributed by atoms with Crippen LogP contribution in [0.2, 0.25) is 0 Å². The summed E-state index contributed by atoms with van der Waals surface area (Å²) in [5.74, 6) is -2.19. The molecule has 0 aliphatic carbocycles. The molecular weight excluding hydrogens is 405 g/mol. The zero-order valence-corrected chi connectivity index (χ0v) is 17.0. The lowest BCUT2D eigenvalue weighted by Gasteiger charge is -2.13. The van der Waals surface area contributed by atoms with Crippen molar-refractivity contribution in [2.75, 3.05) is 17.7 Å². The first-order valence-corrected chi connectivity index (χ1v) is 11.0. The summed E-state index contributed by atoms with van der Waals surface area (Å²) in [6.45, 7) is 6.41. The van der Waals surface area contributed by atoms with Crippen molar-refractivity contribution in [3.8, 4) is 11.1 Å². The van der Waals surface area contributed by atoms with Crippen LogP contribution in [0.5, 0.6) is 0 Å². The molecule has 1 atom stereocenters. The molecular formula is C19H20FNO5S2. The van der Waals surface area contributed by atoms with Crippen molar-refractivity contribution >= 4 is 38.1 Å². The van der Waals surface area contributed by atoms with E-state index in [4.69, 9.17) is 4.74 Å². The maximum Gasteiger partial charge on any atom is 0.341 e. The molecule has 1 aromatic heterocycles. The number of rotatable bonds is 8. The number of esters is 1. The Balaban J connectivity index is 2.41. The molecule has 2 rings (SSSR count). The highest BCUT2D eigenvalue weighted by Gasteiger charge is 2.29. The van der Waals surface area contributed by atoms with Crippen molar-refractivity contribution in [3.05, 3.63) is 53.7 Å². The third-order valence-corrected chi connectivity index (χ3v) is 6.81. The second kappa shape index (κ2) is 9.11. The normalized spacial score (nSPS) is 12.2. The third kappa shape index (κ3) is 4.85. The van der Waals surface area contributed by atoms with E-state index in [1.165, 1.54) is 37.3 Å². The fourth-order valence-electron chi connectivity index (χ4n) is 2.38. The largest absolute Gasteiger partial charge is 0.462 e. The van der Waals surface area contributed by atoms with Crippen molar-refractivity contribution in [1.82, 2.24) is 0 Å². The molecule has 0 bridgehead atoms. The first-order chi connectivity index (χ1) is 13.2. The minimum Gasteiger partial charge on any atom is -0.462 e. The number of amides is 1. The summed E-state index contributed by atoms with van der Waals surface area (Å²) in [6, 6.07) is 5.51. The zero-order valence-electron chi connectivity index (χ0n) is 15.4. The molecule has 150 valence electrons. The molecule has 0 radical (unpaired) electrons. The van der Waals surface area contributed by atoms with Crippen LogP contribution in [-0.2, 0) is 19.4 Å². The summed E-state index contributed by atoms with van der Waals surface area (Å²) in [4.78, 5) is 24.9. The van der Waals surface area contributed by atoms with Crippen LogP contribution in [0.4, 0.5) is 9.39 Å². The van der Waals surface area contributed by atoms with Crippen molar-refractivity contribution in [2.24, 2.45) is 0 Å². The number of carbonyl (C=O) groups excluding carboxylic acids is 2. The van der Waals surface area contributed by atoms with E-state index >= 15 is 0 Å². The molecule has 0 saturated carbocycles. The number of carbonyl (C=O) groups is 2. The van der Waals surface area contributed by atoms with Gasteiger partial charge in [0, 0.05) is 10.9 Å². The SMILES string of the molecule is C=CCS(=O)(=O)C(C)C(=O)Nc1scc(-c2ccc(F)cc2)c1C(=O)OCC. The summed E-state index contributed by atoms with van der Waals surface area (Å²) >= 11 is 1.06. The first-order valence-electron chi connectivity index (χ1n) is 8.39. The third-order valence-electron chi connectivity index (χ3n) is 3.92. The number of hydrogen-bond acceptors (Lipinski definition) is 6. The van der Waals surface area contributed by atoms with Gasteiger partial charge in [-0.05, 0) is 31.5 Å². The van der Waals surface area contributed by atoms with Gasteiger partial charge in [0.1, 0.15) is 21.6 Å². The molecule has 0 spiro atoms. The van der Waals surface area contributed by atoms with Gasteiger partial charge in [-0.1, -0.05) is 18.2 Å². The van der Waals surface area contributed by atoms with Crippen molar-refractivity contribution in [1.29, 1.82) is 0 Å². The lowest BCUT2D eigenvalue weighted by atomic mass is 10.0. The van der Waals surface area contributed by atoms with Crippen molar-refractivity contribution in [2.45, 2.75) is 19.1 Å². The number of anilines is 1. The molecule has 2 aromatic rings. The molecule has 0 aliphatic rings. The van der Waals surface area contributed by atoms with Crippen LogP contribution < -0.4 is 5.32 Å². The van der Waals surface area contributed by atoms with Gasteiger partial charge >= 0.3 is 5.97 Å². The molecule has 6 nitrogen and oxygen atoms in total.